The zero-order valence-corrected chi connectivity index (χ0v) is 28.5. The molecule has 5 aromatic carbocycles. The zero-order valence-electron chi connectivity index (χ0n) is 28.5. The summed E-state index contributed by atoms with van der Waals surface area (Å²) < 4.78 is 32.0. The van der Waals surface area contributed by atoms with Crippen LogP contribution in [-0.4, -0.2) is 38.3 Å². The van der Waals surface area contributed by atoms with Gasteiger partial charge in [-0.3, -0.25) is 0 Å². The second kappa shape index (κ2) is 18.7. The highest BCUT2D eigenvalue weighted by molar-refractivity contribution is 5.45. The van der Waals surface area contributed by atoms with Crippen molar-refractivity contribution in [3.63, 3.8) is 0 Å². The predicted octanol–water partition coefficient (Wildman–Crippen LogP) is 9.34. The summed E-state index contributed by atoms with van der Waals surface area (Å²) in [7, 11) is 0. The molecule has 0 aromatic heterocycles. The lowest BCUT2D eigenvalue weighted by atomic mass is 10.2. The minimum absolute atomic E-state index is 0.329. The molecule has 0 fully saturated rings. The highest BCUT2D eigenvalue weighted by Gasteiger charge is 2.12. The Hall–Kier alpha value is -5.30. The number of hydrogen-bond donors (Lipinski definition) is 1. The van der Waals surface area contributed by atoms with Gasteiger partial charge in [-0.1, -0.05) is 71.8 Å². The second-order valence-electron chi connectivity index (χ2n) is 11.5. The van der Waals surface area contributed by atoms with Crippen LogP contribution in [0.4, 0.5) is 0 Å². The molecule has 3 aliphatic heterocycles. The molecule has 0 radical (unpaired) electrons. The van der Waals surface area contributed by atoms with Crippen molar-refractivity contribution in [2.75, 3.05) is 33.2 Å². The van der Waals surface area contributed by atoms with Crippen LogP contribution in [0.2, 0.25) is 0 Å². The highest BCUT2D eigenvalue weighted by atomic mass is 16.7. The van der Waals surface area contributed by atoms with Gasteiger partial charge in [0.2, 0.25) is 6.79 Å². The number of ether oxygens (including phenoxy) is 6. The SMILES string of the molecule is Cc1ccc(O)cc1.Cc1ccc2c(c1)OCCCO2.Cc1ccc2c(c1)OCCO2.Cc1ccc2c(c1)OCO2.Cc1ccccc1. The molecule has 0 saturated heterocycles. The average molecular weight is 651 g/mol. The van der Waals surface area contributed by atoms with Crippen LogP contribution in [0.25, 0.3) is 0 Å². The first-order valence-electron chi connectivity index (χ1n) is 16.1. The van der Waals surface area contributed by atoms with Crippen LogP contribution in [0.1, 0.15) is 34.2 Å². The molecule has 48 heavy (non-hydrogen) atoms. The third-order valence-corrected chi connectivity index (χ3v) is 7.10. The van der Waals surface area contributed by atoms with E-state index >= 15 is 0 Å². The molecular weight excluding hydrogens is 604 g/mol. The first kappa shape index (κ1) is 35.6. The maximum absolute atomic E-state index is 8.76. The molecular formula is C41H46O7. The smallest absolute Gasteiger partial charge is 0.231 e. The molecule has 0 amide bonds. The largest absolute Gasteiger partial charge is 0.508 e. The molecule has 7 heteroatoms. The third kappa shape index (κ3) is 12.1. The lowest BCUT2D eigenvalue weighted by Gasteiger charge is -2.18. The molecule has 252 valence electrons. The van der Waals surface area contributed by atoms with Crippen molar-refractivity contribution in [3.05, 3.63) is 137 Å². The van der Waals surface area contributed by atoms with Crippen LogP contribution >= 0.6 is 0 Å². The minimum atomic E-state index is 0.329. The monoisotopic (exact) mass is 650 g/mol. The fourth-order valence-electron chi connectivity index (χ4n) is 4.50. The number of phenolic OH excluding ortho intramolecular Hbond substituents is 1. The Morgan fingerprint density at radius 3 is 1.23 bits per heavy atom. The van der Waals surface area contributed by atoms with E-state index in [0.717, 1.165) is 54.1 Å². The van der Waals surface area contributed by atoms with E-state index in [1.165, 1.54) is 27.8 Å². The van der Waals surface area contributed by atoms with Gasteiger partial charge in [0.05, 0.1) is 13.2 Å². The Morgan fingerprint density at radius 1 is 0.375 bits per heavy atom. The molecule has 0 unspecified atom stereocenters. The van der Waals surface area contributed by atoms with Crippen LogP contribution in [0.15, 0.2) is 109 Å². The Labute approximate surface area is 284 Å². The standard InChI is InChI=1S/C10H12O2.C9H10O2.C8H8O2.C7H8O.C7H8/c1-8-3-4-9-10(7-8)12-6-2-5-11-9;1-7-2-3-8-9(6-7)11-5-4-10-8;1-6-2-3-7-8(4-6)10-5-9-7;1-6-2-4-7(8)5-3-6;1-7-5-3-2-4-6-7/h3-4,7H,2,5-6H2,1H3;2-3,6H,4-5H2,1H3;2-4H,5H2,1H3;2-5,8H,1H3;2-6H,1H3. The highest BCUT2D eigenvalue weighted by Crippen LogP contribution is 2.32. The summed E-state index contributed by atoms with van der Waals surface area (Å²) in [4.78, 5) is 0. The summed E-state index contributed by atoms with van der Waals surface area (Å²) in [5.74, 6) is 5.53. The quantitative estimate of drug-likeness (QED) is 0.179. The molecule has 0 spiro atoms. The van der Waals surface area contributed by atoms with E-state index in [2.05, 4.69) is 26.0 Å². The molecule has 8 rings (SSSR count). The number of aromatic hydroxyl groups is 1. The van der Waals surface area contributed by atoms with E-state index in [9.17, 15) is 0 Å². The maximum Gasteiger partial charge on any atom is 0.231 e. The van der Waals surface area contributed by atoms with Crippen molar-refractivity contribution in [2.45, 2.75) is 41.0 Å². The van der Waals surface area contributed by atoms with E-state index in [1.54, 1.807) is 12.1 Å². The van der Waals surface area contributed by atoms with Gasteiger partial charge in [-0.15, -0.1) is 0 Å². The van der Waals surface area contributed by atoms with Crippen molar-refractivity contribution in [1.82, 2.24) is 0 Å². The number of rotatable bonds is 0. The minimum Gasteiger partial charge on any atom is -0.508 e. The van der Waals surface area contributed by atoms with Gasteiger partial charge in [0, 0.05) is 6.42 Å². The van der Waals surface area contributed by atoms with Gasteiger partial charge < -0.3 is 33.5 Å². The molecule has 5 aromatic rings. The van der Waals surface area contributed by atoms with Crippen LogP contribution in [0.5, 0.6) is 40.2 Å². The normalized spacial score (nSPS) is 12.9. The van der Waals surface area contributed by atoms with Crippen molar-refractivity contribution >= 4 is 0 Å². The van der Waals surface area contributed by atoms with Crippen LogP contribution in [-0.2, 0) is 0 Å². The number of fused-ring (bicyclic) bond motifs is 3. The molecule has 0 aliphatic carbocycles. The Balaban J connectivity index is 0.000000137. The summed E-state index contributed by atoms with van der Waals surface area (Å²) in [5, 5.41) is 8.76. The van der Waals surface area contributed by atoms with Crippen LogP contribution < -0.4 is 28.4 Å². The van der Waals surface area contributed by atoms with Gasteiger partial charge in [0.15, 0.2) is 34.5 Å². The summed E-state index contributed by atoms with van der Waals surface area (Å²) in [6.07, 6.45) is 0.966. The van der Waals surface area contributed by atoms with Crippen molar-refractivity contribution in [3.8, 4) is 40.2 Å². The average Bonchev–Trinajstić information content (AvgIpc) is 3.43. The number of aryl methyl sites for hydroxylation is 5. The first-order valence-corrected chi connectivity index (χ1v) is 16.1. The van der Waals surface area contributed by atoms with Crippen molar-refractivity contribution in [2.24, 2.45) is 0 Å². The fourth-order valence-corrected chi connectivity index (χ4v) is 4.50. The maximum atomic E-state index is 8.76. The third-order valence-electron chi connectivity index (χ3n) is 7.10. The van der Waals surface area contributed by atoms with Gasteiger partial charge in [0.1, 0.15) is 19.0 Å². The van der Waals surface area contributed by atoms with Gasteiger partial charge >= 0.3 is 0 Å². The van der Waals surface area contributed by atoms with E-state index in [0.29, 0.717) is 25.8 Å². The molecule has 0 bridgehead atoms. The van der Waals surface area contributed by atoms with E-state index in [4.69, 9.17) is 33.5 Å². The van der Waals surface area contributed by atoms with Gasteiger partial charge in [-0.2, -0.15) is 0 Å². The summed E-state index contributed by atoms with van der Waals surface area (Å²) in [5.41, 5.74) is 6.10. The van der Waals surface area contributed by atoms with Crippen LogP contribution in [0.3, 0.4) is 0 Å². The Morgan fingerprint density at radius 2 is 0.750 bits per heavy atom. The molecule has 3 aliphatic rings. The van der Waals surface area contributed by atoms with E-state index in [-0.39, 0.29) is 0 Å². The number of hydrogen-bond acceptors (Lipinski definition) is 7. The zero-order chi connectivity index (χ0) is 34.1. The lowest BCUT2D eigenvalue weighted by Crippen LogP contribution is -2.15. The van der Waals surface area contributed by atoms with E-state index in [1.807, 2.05) is 106 Å². The first-order chi connectivity index (χ1) is 23.3. The molecule has 7 nitrogen and oxygen atoms in total. The van der Waals surface area contributed by atoms with Crippen molar-refractivity contribution < 1.29 is 33.5 Å². The number of phenols is 1. The molecule has 1 N–H and O–H groups in total. The van der Waals surface area contributed by atoms with Crippen molar-refractivity contribution in [1.29, 1.82) is 0 Å². The summed E-state index contributed by atoms with van der Waals surface area (Å²) >= 11 is 0. The molecule has 3 heterocycles. The van der Waals surface area contributed by atoms with Crippen LogP contribution in [0, 0.1) is 34.6 Å². The fraction of sp³-hybridized carbons (Fsp3) is 0.268. The summed E-state index contributed by atoms with van der Waals surface area (Å²) in [6.45, 7) is 13.4. The predicted molar refractivity (Wildman–Crippen MR) is 190 cm³/mol. The van der Waals surface area contributed by atoms with Gasteiger partial charge in [-0.25, -0.2) is 0 Å². The van der Waals surface area contributed by atoms with Gasteiger partial charge in [-0.05, 0) is 99.8 Å². The van der Waals surface area contributed by atoms with E-state index < -0.39 is 0 Å². The molecule has 0 saturated carbocycles. The Kier molecular flexibility index (Phi) is 13.9. The summed E-state index contributed by atoms with van der Waals surface area (Å²) in [6, 6.07) is 35.2. The number of benzene rings is 5. The molecule has 0 atom stereocenters. The second-order valence-corrected chi connectivity index (χ2v) is 11.5. The van der Waals surface area contributed by atoms with Gasteiger partial charge in [0.25, 0.3) is 0 Å². The topological polar surface area (TPSA) is 75.6 Å². The lowest BCUT2D eigenvalue weighted by molar-refractivity contribution is 0.171. The Bertz CT molecular complexity index is 1660.